The van der Waals surface area contributed by atoms with E-state index < -0.39 is 0 Å². The first-order chi connectivity index (χ1) is 10.1. The maximum atomic E-state index is 12.0. The van der Waals surface area contributed by atoms with E-state index in [0.29, 0.717) is 5.75 Å². The van der Waals surface area contributed by atoms with Gasteiger partial charge < -0.3 is 10.6 Å². The summed E-state index contributed by atoms with van der Waals surface area (Å²) in [5.41, 5.74) is 3.11. The summed E-state index contributed by atoms with van der Waals surface area (Å²) in [5, 5.41) is 14.8. The molecule has 0 aliphatic carbocycles. The zero-order valence-corrected chi connectivity index (χ0v) is 13.9. The quantitative estimate of drug-likeness (QED) is 0.799. The first-order valence-corrected chi connectivity index (χ1v) is 8.46. The molecular weight excluding hydrogens is 304 g/mol. The topological polar surface area (TPSA) is 66.9 Å². The number of nitrogens with zero attached hydrogens (tertiary/aromatic N) is 2. The number of carbonyl (C=O) groups is 1. The maximum absolute atomic E-state index is 12.0. The van der Waals surface area contributed by atoms with E-state index in [-0.39, 0.29) is 5.91 Å². The van der Waals surface area contributed by atoms with Crippen molar-refractivity contribution >= 4 is 39.8 Å². The van der Waals surface area contributed by atoms with Crippen LogP contribution in [0.1, 0.15) is 18.1 Å². The standard InChI is InChI=1S/C14H18N4OS2/c1-4-15-13-17-18-14(21-13)20-8-12(19)16-11-6-5-9(2)7-10(11)3/h5-7H,4,8H2,1-3H3,(H,15,17)(H,16,19). The molecule has 0 radical (unpaired) electrons. The number of rotatable bonds is 6. The molecular formula is C14H18N4OS2. The summed E-state index contributed by atoms with van der Waals surface area (Å²) in [6, 6.07) is 5.97. The smallest absolute Gasteiger partial charge is 0.234 e. The number of hydrogen-bond acceptors (Lipinski definition) is 6. The molecule has 7 heteroatoms. The van der Waals surface area contributed by atoms with Gasteiger partial charge >= 0.3 is 0 Å². The fourth-order valence-electron chi connectivity index (χ4n) is 1.76. The van der Waals surface area contributed by atoms with Gasteiger partial charge in [0.25, 0.3) is 0 Å². The highest BCUT2D eigenvalue weighted by atomic mass is 32.2. The fraction of sp³-hybridized carbons (Fsp3) is 0.357. The molecule has 2 N–H and O–H groups in total. The van der Waals surface area contributed by atoms with Gasteiger partial charge in [0.15, 0.2) is 4.34 Å². The molecule has 5 nitrogen and oxygen atoms in total. The van der Waals surface area contributed by atoms with Crippen molar-refractivity contribution in [3.05, 3.63) is 29.3 Å². The predicted octanol–water partition coefficient (Wildman–Crippen LogP) is 3.32. The van der Waals surface area contributed by atoms with Gasteiger partial charge in [-0.05, 0) is 32.4 Å². The molecule has 2 rings (SSSR count). The number of thioether (sulfide) groups is 1. The Hall–Kier alpha value is -1.60. The zero-order chi connectivity index (χ0) is 15.2. The molecule has 2 aromatic rings. The average Bonchev–Trinajstić information content (AvgIpc) is 2.88. The molecule has 1 aromatic carbocycles. The number of aromatic nitrogens is 2. The van der Waals surface area contributed by atoms with Gasteiger partial charge in [-0.1, -0.05) is 40.8 Å². The van der Waals surface area contributed by atoms with Gasteiger partial charge in [0.05, 0.1) is 5.75 Å². The van der Waals surface area contributed by atoms with Gasteiger partial charge in [-0.3, -0.25) is 4.79 Å². The van der Waals surface area contributed by atoms with Gasteiger partial charge in [0.1, 0.15) is 0 Å². The minimum Gasteiger partial charge on any atom is -0.360 e. The lowest BCUT2D eigenvalue weighted by Gasteiger charge is -2.08. The average molecular weight is 322 g/mol. The summed E-state index contributed by atoms with van der Waals surface area (Å²) < 4.78 is 0.793. The SMILES string of the molecule is CCNc1nnc(SCC(=O)Nc2ccc(C)cc2C)s1. The summed E-state index contributed by atoms with van der Waals surface area (Å²) in [5.74, 6) is 0.292. The highest BCUT2D eigenvalue weighted by molar-refractivity contribution is 8.01. The lowest BCUT2D eigenvalue weighted by atomic mass is 10.1. The third kappa shape index (κ3) is 4.71. The lowest BCUT2D eigenvalue weighted by molar-refractivity contribution is -0.113. The van der Waals surface area contributed by atoms with Crippen molar-refractivity contribution in [1.29, 1.82) is 0 Å². The Morgan fingerprint density at radius 1 is 1.33 bits per heavy atom. The van der Waals surface area contributed by atoms with Crippen molar-refractivity contribution in [3.8, 4) is 0 Å². The normalized spacial score (nSPS) is 10.4. The Kier molecular flexibility index (Phi) is 5.58. The van der Waals surface area contributed by atoms with E-state index in [1.807, 2.05) is 32.9 Å². The molecule has 0 aliphatic rings. The van der Waals surface area contributed by atoms with Crippen molar-refractivity contribution in [1.82, 2.24) is 10.2 Å². The van der Waals surface area contributed by atoms with Crippen LogP contribution in [0.2, 0.25) is 0 Å². The third-order valence-electron chi connectivity index (χ3n) is 2.72. The van der Waals surface area contributed by atoms with E-state index >= 15 is 0 Å². The molecule has 0 aliphatic heterocycles. The molecule has 0 fully saturated rings. The summed E-state index contributed by atoms with van der Waals surface area (Å²) >= 11 is 2.86. The summed E-state index contributed by atoms with van der Waals surface area (Å²) in [6.07, 6.45) is 0. The van der Waals surface area contributed by atoms with Gasteiger partial charge in [-0.25, -0.2) is 0 Å². The summed E-state index contributed by atoms with van der Waals surface area (Å²) in [6.45, 7) is 6.84. The van der Waals surface area contributed by atoms with Gasteiger partial charge in [-0.2, -0.15) is 0 Å². The van der Waals surface area contributed by atoms with Gasteiger partial charge in [0.2, 0.25) is 11.0 Å². The summed E-state index contributed by atoms with van der Waals surface area (Å²) in [7, 11) is 0. The molecule has 21 heavy (non-hydrogen) atoms. The van der Waals surface area contributed by atoms with Crippen molar-refractivity contribution in [2.75, 3.05) is 22.9 Å². The second-order valence-electron chi connectivity index (χ2n) is 4.56. The van der Waals surface area contributed by atoms with E-state index in [1.54, 1.807) is 0 Å². The van der Waals surface area contributed by atoms with Crippen LogP contribution in [0.5, 0.6) is 0 Å². The minimum absolute atomic E-state index is 0.0350. The van der Waals surface area contributed by atoms with E-state index in [1.165, 1.54) is 28.7 Å². The number of anilines is 2. The third-order valence-corrected chi connectivity index (χ3v) is 4.73. The number of nitrogens with one attached hydrogen (secondary N) is 2. The molecule has 0 bridgehead atoms. The monoisotopic (exact) mass is 322 g/mol. The van der Waals surface area contributed by atoms with E-state index in [0.717, 1.165) is 27.3 Å². The van der Waals surface area contributed by atoms with E-state index in [4.69, 9.17) is 0 Å². The fourth-order valence-corrected chi connectivity index (χ4v) is 3.38. The van der Waals surface area contributed by atoms with E-state index in [2.05, 4.69) is 26.9 Å². The number of benzene rings is 1. The highest BCUT2D eigenvalue weighted by Crippen LogP contribution is 2.25. The van der Waals surface area contributed by atoms with Crippen LogP contribution in [0.15, 0.2) is 22.5 Å². The minimum atomic E-state index is -0.0350. The van der Waals surface area contributed by atoms with Crippen LogP contribution < -0.4 is 10.6 Å². The van der Waals surface area contributed by atoms with Crippen LogP contribution in [-0.2, 0) is 4.79 Å². The van der Waals surface area contributed by atoms with E-state index in [9.17, 15) is 4.79 Å². The molecule has 0 saturated carbocycles. The molecule has 0 spiro atoms. The molecule has 112 valence electrons. The number of aryl methyl sites for hydroxylation is 2. The maximum Gasteiger partial charge on any atom is 0.234 e. The highest BCUT2D eigenvalue weighted by Gasteiger charge is 2.09. The first-order valence-electron chi connectivity index (χ1n) is 6.65. The van der Waals surface area contributed by atoms with Crippen LogP contribution in [-0.4, -0.2) is 28.4 Å². The van der Waals surface area contributed by atoms with Crippen LogP contribution in [0, 0.1) is 13.8 Å². The summed E-state index contributed by atoms with van der Waals surface area (Å²) in [4.78, 5) is 12.0. The van der Waals surface area contributed by atoms with Crippen LogP contribution >= 0.6 is 23.1 Å². The number of carbonyl (C=O) groups excluding carboxylic acids is 1. The molecule has 1 aromatic heterocycles. The number of hydrogen-bond donors (Lipinski definition) is 2. The first kappa shape index (κ1) is 15.8. The van der Waals surface area contributed by atoms with Gasteiger partial charge in [-0.15, -0.1) is 10.2 Å². The van der Waals surface area contributed by atoms with Crippen molar-refractivity contribution in [2.45, 2.75) is 25.1 Å². The van der Waals surface area contributed by atoms with Crippen LogP contribution in [0.4, 0.5) is 10.8 Å². The van der Waals surface area contributed by atoms with Crippen LogP contribution in [0.25, 0.3) is 0 Å². The second-order valence-corrected chi connectivity index (χ2v) is 6.76. The van der Waals surface area contributed by atoms with Crippen molar-refractivity contribution < 1.29 is 4.79 Å². The Labute approximate surface area is 132 Å². The number of amides is 1. The predicted molar refractivity (Wildman–Crippen MR) is 89.3 cm³/mol. The molecule has 0 unspecified atom stereocenters. The Bertz CT molecular complexity index is 627. The lowest BCUT2D eigenvalue weighted by Crippen LogP contribution is -2.14. The Balaban J connectivity index is 1.86. The Morgan fingerprint density at radius 3 is 2.86 bits per heavy atom. The van der Waals surface area contributed by atoms with Crippen LogP contribution in [0.3, 0.4) is 0 Å². The molecule has 0 atom stereocenters. The Morgan fingerprint density at radius 2 is 2.14 bits per heavy atom. The zero-order valence-electron chi connectivity index (χ0n) is 12.3. The van der Waals surface area contributed by atoms with Gasteiger partial charge in [0, 0.05) is 12.2 Å². The second kappa shape index (κ2) is 7.42. The van der Waals surface area contributed by atoms with Crippen molar-refractivity contribution in [3.63, 3.8) is 0 Å². The molecule has 1 heterocycles. The largest absolute Gasteiger partial charge is 0.360 e. The van der Waals surface area contributed by atoms with Crippen molar-refractivity contribution in [2.24, 2.45) is 0 Å². The molecule has 0 saturated heterocycles. The molecule has 1 amide bonds.